The Kier molecular flexibility index (Phi) is 4.41. The fourth-order valence-corrected chi connectivity index (χ4v) is 2.08. The summed E-state index contributed by atoms with van der Waals surface area (Å²) >= 11 is 0. The number of anilines is 1. The van der Waals surface area contributed by atoms with E-state index in [9.17, 15) is 0 Å². The van der Waals surface area contributed by atoms with E-state index >= 15 is 0 Å². The summed E-state index contributed by atoms with van der Waals surface area (Å²) in [6.45, 7) is 11.4. The van der Waals surface area contributed by atoms with Gasteiger partial charge in [0.15, 0.2) is 0 Å². The van der Waals surface area contributed by atoms with E-state index in [1.165, 1.54) is 22.4 Å². The van der Waals surface area contributed by atoms with Gasteiger partial charge in [-0.1, -0.05) is 32.6 Å². The van der Waals surface area contributed by atoms with Crippen molar-refractivity contribution in [3.63, 3.8) is 0 Å². The van der Waals surface area contributed by atoms with Crippen LogP contribution in [0.4, 0.5) is 5.69 Å². The average molecular weight is 203 g/mol. The van der Waals surface area contributed by atoms with E-state index in [4.69, 9.17) is 0 Å². The lowest BCUT2D eigenvalue weighted by Crippen LogP contribution is -2.04. The maximum atomic E-state index is 3.87. The fraction of sp³-hybridized carbons (Fsp3) is 0.429. The number of hydrogen-bond donors (Lipinski definition) is 1. The Morgan fingerprint density at radius 1 is 1.13 bits per heavy atom. The fourth-order valence-electron chi connectivity index (χ4n) is 2.08. The van der Waals surface area contributed by atoms with Crippen LogP contribution in [0.2, 0.25) is 0 Å². The van der Waals surface area contributed by atoms with Crippen molar-refractivity contribution >= 4 is 11.8 Å². The van der Waals surface area contributed by atoms with Gasteiger partial charge < -0.3 is 5.32 Å². The molecule has 0 aliphatic carbocycles. The molecule has 0 heterocycles. The summed E-state index contributed by atoms with van der Waals surface area (Å²) in [7, 11) is 0. The first-order chi connectivity index (χ1) is 7.28. The Morgan fingerprint density at radius 2 is 1.80 bits per heavy atom. The summed E-state index contributed by atoms with van der Waals surface area (Å²) in [5.74, 6) is 0. The molecule has 0 saturated carbocycles. The molecule has 0 saturated heterocycles. The molecule has 1 heteroatoms. The number of hydrogen-bond acceptors (Lipinski definition) is 1. The van der Waals surface area contributed by atoms with Crippen LogP contribution in [0.25, 0.3) is 6.08 Å². The Labute approximate surface area is 93.2 Å². The first-order valence-corrected chi connectivity index (χ1v) is 5.79. The SMILES string of the molecule is C=Cc1ccc(NCC)c(CC)c1CC. The molecule has 0 aliphatic heterocycles. The van der Waals surface area contributed by atoms with Gasteiger partial charge in [0.05, 0.1) is 0 Å². The van der Waals surface area contributed by atoms with Gasteiger partial charge in [-0.25, -0.2) is 0 Å². The molecule has 82 valence electrons. The van der Waals surface area contributed by atoms with Crippen LogP contribution in [0.15, 0.2) is 18.7 Å². The summed E-state index contributed by atoms with van der Waals surface area (Å²) in [5.41, 5.74) is 5.43. The largest absolute Gasteiger partial charge is 0.385 e. The molecule has 0 atom stereocenters. The molecule has 0 bridgehead atoms. The van der Waals surface area contributed by atoms with Crippen molar-refractivity contribution in [2.75, 3.05) is 11.9 Å². The third-order valence-electron chi connectivity index (χ3n) is 2.76. The minimum atomic E-state index is 0.976. The van der Waals surface area contributed by atoms with Crippen LogP contribution in [0.1, 0.15) is 37.5 Å². The van der Waals surface area contributed by atoms with E-state index < -0.39 is 0 Å². The summed E-state index contributed by atoms with van der Waals surface area (Å²) in [4.78, 5) is 0. The lowest BCUT2D eigenvalue weighted by Gasteiger charge is -2.16. The van der Waals surface area contributed by atoms with Crippen molar-refractivity contribution in [2.24, 2.45) is 0 Å². The molecule has 0 spiro atoms. The Morgan fingerprint density at radius 3 is 2.27 bits per heavy atom. The van der Waals surface area contributed by atoms with Crippen molar-refractivity contribution in [3.8, 4) is 0 Å². The quantitative estimate of drug-likeness (QED) is 0.765. The van der Waals surface area contributed by atoms with Gasteiger partial charge in [-0.3, -0.25) is 0 Å². The highest BCUT2D eigenvalue weighted by atomic mass is 14.9. The maximum Gasteiger partial charge on any atom is 0.0375 e. The van der Waals surface area contributed by atoms with Crippen molar-refractivity contribution in [3.05, 3.63) is 35.4 Å². The van der Waals surface area contributed by atoms with Gasteiger partial charge >= 0.3 is 0 Å². The zero-order valence-electron chi connectivity index (χ0n) is 10.1. The standard InChI is InChI=1S/C14H21N/c1-5-11-9-10-14(15-8-4)13(7-3)12(11)6-2/h5,9-10,15H,1,6-8H2,2-4H3. The predicted octanol–water partition coefficient (Wildman–Crippen LogP) is 3.89. The van der Waals surface area contributed by atoms with Gasteiger partial charge in [0.2, 0.25) is 0 Å². The Balaban J connectivity index is 3.27. The first kappa shape index (κ1) is 11.8. The molecule has 1 N–H and O–H groups in total. The number of nitrogens with one attached hydrogen (secondary N) is 1. The molecule has 0 aliphatic rings. The third-order valence-corrected chi connectivity index (χ3v) is 2.76. The molecule has 0 unspecified atom stereocenters. The first-order valence-electron chi connectivity index (χ1n) is 5.79. The van der Waals surface area contributed by atoms with Crippen molar-refractivity contribution in [1.82, 2.24) is 0 Å². The second kappa shape index (κ2) is 5.59. The van der Waals surface area contributed by atoms with Crippen LogP contribution in [-0.4, -0.2) is 6.54 Å². The second-order valence-electron chi connectivity index (χ2n) is 3.60. The molecule has 1 nitrogen and oxygen atoms in total. The average Bonchev–Trinajstić information content (AvgIpc) is 2.28. The highest BCUT2D eigenvalue weighted by Gasteiger charge is 2.08. The third kappa shape index (κ3) is 2.41. The van der Waals surface area contributed by atoms with Crippen LogP contribution in [0.5, 0.6) is 0 Å². The van der Waals surface area contributed by atoms with E-state index in [1.807, 2.05) is 6.08 Å². The predicted molar refractivity (Wildman–Crippen MR) is 69.5 cm³/mol. The zero-order valence-corrected chi connectivity index (χ0v) is 10.1. The smallest absolute Gasteiger partial charge is 0.0375 e. The van der Waals surface area contributed by atoms with E-state index in [0.29, 0.717) is 0 Å². The molecule has 0 fully saturated rings. The molecule has 15 heavy (non-hydrogen) atoms. The molecule has 1 aromatic rings. The van der Waals surface area contributed by atoms with Crippen LogP contribution < -0.4 is 5.32 Å². The van der Waals surface area contributed by atoms with Crippen LogP contribution in [0, 0.1) is 0 Å². The molecule has 1 aromatic carbocycles. The monoisotopic (exact) mass is 203 g/mol. The van der Waals surface area contributed by atoms with Gasteiger partial charge in [-0.2, -0.15) is 0 Å². The minimum Gasteiger partial charge on any atom is -0.385 e. The van der Waals surface area contributed by atoms with Crippen LogP contribution in [-0.2, 0) is 12.8 Å². The van der Waals surface area contributed by atoms with Gasteiger partial charge in [-0.05, 0) is 42.5 Å². The lowest BCUT2D eigenvalue weighted by atomic mass is 9.95. The molecule has 1 rings (SSSR count). The van der Waals surface area contributed by atoms with E-state index in [0.717, 1.165) is 19.4 Å². The topological polar surface area (TPSA) is 12.0 Å². The van der Waals surface area contributed by atoms with Crippen LogP contribution >= 0.6 is 0 Å². The molecule has 0 radical (unpaired) electrons. The summed E-state index contributed by atoms with van der Waals surface area (Å²) in [6.07, 6.45) is 4.10. The van der Waals surface area contributed by atoms with Gasteiger partial charge in [0.1, 0.15) is 0 Å². The molecular weight excluding hydrogens is 182 g/mol. The van der Waals surface area contributed by atoms with Gasteiger partial charge in [-0.15, -0.1) is 0 Å². The van der Waals surface area contributed by atoms with E-state index in [1.54, 1.807) is 0 Å². The van der Waals surface area contributed by atoms with Crippen LogP contribution in [0.3, 0.4) is 0 Å². The minimum absolute atomic E-state index is 0.976. The van der Waals surface area contributed by atoms with Gasteiger partial charge in [0.25, 0.3) is 0 Å². The summed E-state index contributed by atoms with van der Waals surface area (Å²) < 4.78 is 0. The maximum absolute atomic E-state index is 3.87. The highest BCUT2D eigenvalue weighted by Crippen LogP contribution is 2.25. The zero-order chi connectivity index (χ0) is 11.3. The molecule has 0 amide bonds. The number of rotatable bonds is 5. The molecule has 0 aromatic heterocycles. The highest BCUT2D eigenvalue weighted by molar-refractivity contribution is 5.64. The van der Waals surface area contributed by atoms with Crippen molar-refractivity contribution in [2.45, 2.75) is 33.6 Å². The van der Waals surface area contributed by atoms with Crippen molar-refractivity contribution < 1.29 is 0 Å². The summed E-state index contributed by atoms with van der Waals surface area (Å²) in [6, 6.07) is 4.32. The van der Waals surface area contributed by atoms with E-state index in [-0.39, 0.29) is 0 Å². The normalized spacial score (nSPS) is 10.1. The Bertz CT molecular complexity index is 339. The second-order valence-corrected chi connectivity index (χ2v) is 3.60. The van der Waals surface area contributed by atoms with E-state index in [2.05, 4.69) is 44.8 Å². The molecular formula is C14H21N. The lowest BCUT2D eigenvalue weighted by molar-refractivity contribution is 1.03. The number of benzene rings is 1. The summed E-state index contributed by atoms with van der Waals surface area (Å²) in [5, 5.41) is 3.42. The van der Waals surface area contributed by atoms with Gasteiger partial charge in [0, 0.05) is 12.2 Å². The Hall–Kier alpha value is -1.24. The van der Waals surface area contributed by atoms with Crippen molar-refractivity contribution in [1.29, 1.82) is 0 Å².